The second kappa shape index (κ2) is 7.99. The molecule has 32 heavy (non-hydrogen) atoms. The van der Waals surface area contributed by atoms with Gasteiger partial charge in [0.1, 0.15) is 11.4 Å². The van der Waals surface area contributed by atoms with Crippen molar-refractivity contribution in [3.63, 3.8) is 0 Å². The molecule has 0 aliphatic carbocycles. The number of fused-ring (bicyclic) bond motifs is 2. The maximum atomic E-state index is 13.4. The van der Waals surface area contributed by atoms with Gasteiger partial charge in [-0.25, -0.2) is 4.98 Å². The van der Waals surface area contributed by atoms with E-state index >= 15 is 0 Å². The maximum absolute atomic E-state index is 13.4. The Morgan fingerprint density at radius 1 is 1.22 bits per heavy atom. The van der Waals surface area contributed by atoms with Gasteiger partial charge in [0.15, 0.2) is 0 Å². The lowest BCUT2D eigenvalue weighted by Crippen LogP contribution is -2.42. The largest absolute Gasteiger partial charge is 0.324 e. The molecule has 4 aromatic rings. The van der Waals surface area contributed by atoms with Crippen LogP contribution in [0.5, 0.6) is 0 Å². The molecule has 0 radical (unpaired) electrons. The zero-order valence-corrected chi connectivity index (χ0v) is 19.1. The highest BCUT2D eigenvalue weighted by molar-refractivity contribution is 7.19. The summed E-state index contributed by atoms with van der Waals surface area (Å²) in [5.41, 5.74) is 1.83. The van der Waals surface area contributed by atoms with Crippen LogP contribution in [0.4, 0.5) is 11.4 Å². The molecule has 7 nitrogen and oxygen atoms in total. The van der Waals surface area contributed by atoms with Gasteiger partial charge in [0, 0.05) is 33.2 Å². The zero-order valence-electron chi connectivity index (χ0n) is 17.5. The van der Waals surface area contributed by atoms with E-state index < -0.39 is 0 Å². The summed E-state index contributed by atoms with van der Waals surface area (Å²) in [5, 5.41) is 5.33. The van der Waals surface area contributed by atoms with Gasteiger partial charge in [-0.1, -0.05) is 12.1 Å². The van der Waals surface area contributed by atoms with Gasteiger partial charge in [0.25, 0.3) is 5.56 Å². The summed E-state index contributed by atoms with van der Waals surface area (Å²) in [4.78, 5) is 47.8. The fourth-order valence-electron chi connectivity index (χ4n) is 4.03. The number of benzene rings is 1. The molecule has 9 heteroatoms. The Labute approximate surface area is 192 Å². The van der Waals surface area contributed by atoms with Crippen molar-refractivity contribution in [3.05, 3.63) is 63.3 Å². The molecule has 4 heterocycles. The van der Waals surface area contributed by atoms with Gasteiger partial charge in [0.2, 0.25) is 11.8 Å². The van der Waals surface area contributed by atoms with Gasteiger partial charge in [-0.2, -0.15) is 0 Å². The van der Waals surface area contributed by atoms with Gasteiger partial charge in [-0.15, -0.1) is 22.7 Å². The fraction of sp³-hybridized carbons (Fsp3) is 0.217. The van der Waals surface area contributed by atoms with Gasteiger partial charge in [-0.3, -0.25) is 19.0 Å². The van der Waals surface area contributed by atoms with E-state index in [4.69, 9.17) is 0 Å². The number of rotatable bonds is 3. The molecule has 0 saturated carbocycles. The second-order valence-electron chi connectivity index (χ2n) is 7.80. The lowest BCUT2D eigenvalue weighted by Gasteiger charge is -2.28. The van der Waals surface area contributed by atoms with Crippen LogP contribution in [0.3, 0.4) is 0 Å². The molecule has 0 spiro atoms. The topological polar surface area (TPSA) is 84.3 Å². The number of aryl methyl sites for hydroxylation is 1. The maximum Gasteiger partial charge on any atom is 0.263 e. The van der Waals surface area contributed by atoms with Crippen LogP contribution in [-0.2, 0) is 16.1 Å². The number of anilines is 2. The van der Waals surface area contributed by atoms with Gasteiger partial charge >= 0.3 is 0 Å². The van der Waals surface area contributed by atoms with Crippen LogP contribution in [0.2, 0.25) is 0 Å². The van der Waals surface area contributed by atoms with E-state index in [-0.39, 0.29) is 36.4 Å². The van der Waals surface area contributed by atoms with Crippen molar-refractivity contribution in [1.29, 1.82) is 0 Å². The normalized spacial score (nSPS) is 16.0. The monoisotopic (exact) mass is 464 g/mol. The van der Waals surface area contributed by atoms with Crippen LogP contribution < -0.4 is 15.8 Å². The number of carbonyl (C=O) groups is 2. The number of aromatic nitrogens is 2. The molecule has 1 atom stereocenters. The quantitative estimate of drug-likeness (QED) is 0.491. The summed E-state index contributed by atoms with van der Waals surface area (Å²) in [6, 6.07) is 10.9. The highest BCUT2D eigenvalue weighted by atomic mass is 32.1. The molecule has 3 aromatic heterocycles. The Kier molecular flexibility index (Phi) is 5.15. The average Bonchev–Trinajstić information content (AvgIpc) is 3.34. The van der Waals surface area contributed by atoms with Crippen LogP contribution in [0.1, 0.15) is 18.2 Å². The highest BCUT2D eigenvalue weighted by Crippen LogP contribution is 2.35. The minimum absolute atomic E-state index is 0.144. The van der Waals surface area contributed by atoms with E-state index in [1.54, 1.807) is 28.4 Å². The molecule has 2 amide bonds. The Morgan fingerprint density at radius 2 is 2.03 bits per heavy atom. The minimum Gasteiger partial charge on any atom is -0.324 e. The van der Waals surface area contributed by atoms with E-state index in [1.807, 2.05) is 43.5 Å². The average molecular weight is 465 g/mol. The number of nitrogens with one attached hydrogen (secondary N) is 1. The third-order valence-electron chi connectivity index (χ3n) is 5.50. The van der Waals surface area contributed by atoms with Crippen molar-refractivity contribution >= 4 is 56.1 Å². The summed E-state index contributed by atoms with van der Waals surface area (Å²) in [7, 11) is 0. The Hall–Kier alpha value is -3.30. The minimum atomic E-state index is -0.343. The van der Waals surface area contributed by atoms with Gasteiger partial charge < -0.3 is 10.2 Å². The predicted octanol–water partition coefficient (Wildman–Crippen LogP) is 4.26. The van der Waals surface area contributed by atoms with Crippen molar-refractivity contribution in [2.24, 2.45) is 0 Å². The van der Waals surface area contributed by atoms with E-state index in [0.29, 0.717) is 21.6 Å². The summed E-state index contributed by atoms with van der Waals surface area (Å²) >= 11 is 3.05. The van der Waals surface area contributed by atoms with Gasteiger partial charge in [-0.05, 0) is 38.1 Å². The molecule has 1 aliphatic rings. The van der Waals surface area contributed by atoms with Crippen molar-refractivity contribution in [1.82, 2.24) is 9.55 Å². The molecule has 0 unspecified atom stereocenters. The molecule has 0 fully saturated rings. The first-order chi connectivity index (χ1) is 15.4. The summed E-state index contributed by atoms with van der Waals surface area (Å²) in [6.45, 7) is 3.70. The number of carbonyl (C=O) groups excluding carboxylic acids is 2. The van der Waals surface area contributed by atoms with Crippen molar-refractivity contribution in [2.45, 2.75) is 32.9 Å². The van der Waals surface area contributed by atoms with Crippen molar-refractivity contribution in [3.8, 4) is 10.4 Å². The molecule has 1 aliphatic heterocycles. The molecular weight excluding hydrogens is 444 g/mol. The predicted molar refractivity (Wildman–Crippen MR) is 129 cm³/mol. The first-order valence-electron chi connectivity index (χ1n) is 10.2. The van der Waals surface area contributed by atoms with E-state index in [9.17, 15) is 14.4 Å². The van der Waals surface area contributed by atoms with Crippen LogP contribution >= 0.6 is 22.7 Å². The zero-order chi connectivity index (χ0) is 22.4. The standard InChI is InChI=1S/C23H20N4O3S2/c1-13-9-19(28)25-16-5-3-4-6-17(16)27(13)20(29)10-26-12-24-22-21(23(26)30)15(11-31-22)18-8-7-14(2)32-18/h3-8,11-13H,9-10H2,1-2H3,(H,25,28)/t13-/m0/s1. The van der Waals surface area contributed by atoms with Crippen LogP contribution in [0.15, 0.2) is 52.9 Å². The van der Waals surface area contributed by atoms with Gasteiger partial charge in [0.05, 0.1) is 23.1 Å². The number of hydrogen-bond donors (Lipinski definition) is 1. The Morgan fingerprint density at radius 3 is 2.81 bits per heavy atom. The van der Waals surface area contributed by atoms with Crippen LogP contribution in [0.25, 0.3) is 20.7 Å². The first kappa shape index (κ1) is 20.6. The molecule has 162 valence electrons. The fourth-order valence-corrected chi connectivity index (χ4v) is 5.89. The molecule has 0 saturated heterocycles. The van der Waals surface area contributed by atoms with E-state index in [1.165, 1.54) is 22.2 Å². The number of thiophene rings is 2. The molecule has 1 aromatic carbocycles. The molecule has 5 rings (SSSR count). The first-order valence-corrected chi connectivity index (χ1v) is 11.9. The molecular formula is C23H20N4O3S2. The highest BCUT2D eigenvalue weighted by Gasteiger charge is 2.30. The van der Waals surface area contributed by atoms with Crippen LogP contribution in [0, 0.1) is 6.92 Å². The molecule has 1 N–H and O–H groups in total. The Bertz CT molecular complexity index is 1420. The third-order valence-corrected chi connectivity index (χ3v) is 7.42. The van der Waals surface area contributed by atoms with Crippen molar-refractivity contribution < 1.29 is 9.59 Å². The SMILES string of the molecule is Cc1ccc(-c2csc3ncn(CC(=O)N4c5ccccc5NC(=O)C[C@@H]4C)c(=O)c23)s1. The number of para-hydroxylation sites is 2. The summed E-state index contributed by atoms with van der Waals surface area (Å²) in [6.07, 6.45) is 1.61. The molecule has 0 bridgehead atoms. The Balaban J connectivity index is 1.53. The smallest absolute Gasteiger partial charge is 0.263 e. The number of nitrogens with zero attached hydrogens (tertiary/aromatic N) is 3. The number of hydrogen-bond acceptors (Lipinski definition) is 6. The third kappa shape index (κ3) is 3.53. The second-order valence-corrected chi connectivity index (χ2v) is 9.95. The van der Waals surface area contributed by atoms with Crippen LogP contribution in [-0.4, -0.2) is 27.4 Å². The lowest BCUT2D eigenvalue weighted by atomic mass is 10.1. The van der Waals surface area contributed by atoms with Crippen molar-refractivity contribution in [2.75, 3.05) is 10.2 Å². The lowest BCUT2D eigenvalue weighted by molar-refractivity contribution is -0.120. The summed E-state index contributed by atoms with van der Waals surface area (Å²) < 4.78 is 1.36. The van der Waals surface area contributed by atoms with E-state index in [0.717, 1.165) is 15.3 Å². The number of amides is 2. The summed E-state index contributed by atoms with van der Waals surface area (Å²) in [5.74, 6) is -0.414. The van der Waals surface area contributed by atoms with E-state index in [2.05, 4.69) is 10.3 Å².